The van der Waals surface area contributed by atoms with Crippen molar-refractivity contribution in [1.29, 1.82) is 0 Å². The largest absolute Gasteiger partial charge is 0.488 e. The minimum absolute atomic E-state index is 0.00349. The number of carbonyl (C=O) groups is 2. The summed E-state index contributed by atoms with van der Waals surface area (Å²) < 4.78 is 17.7. The number of alkyl carbamates (subject to hydrolysis) is 1. The van der Waals surface area contributed by atoms with Crippen molar-refractivity contribution in [2.45, 2.75) is 80.9 Å². The maximum atomic E-state index is 13.3. The zero-order valence-corrected chi connectivity index (χ0v) is 33.6. The van der Waals surface area contributed by atoms with Gasteiger partial charge in [0.05, 0.1) is 29.5 Å². The average molecular weight is 777 g/mol. The summed E-state index contributed by atoms with van der Waals surface area (Å²) in [5.74, 6) is 1.79. The highest BCUT2D eigenvalue weighted by molar-refractivity contribution is 7.99. The molecule has 4 aromatic rings. The summed E-state index contributed by atoms with van der Waals surface area (Å²) in [5.41, 5.74) is 5.48. The number of ether oxygens (including phenoxy) is 3. The van der Waals surface area contributed by atoms with Gasteiger partial charge in [0, 0.05) is 44.7 Å². The molecule has 0 unspecified atom stereocenters. The molecular weight excluding hydrogens is 725 g/mol. The van der Waals surface area contributed by atoms with Gasteiger partial charge in [-0.3, -0.25) is 0 Å². The highest BCUT2D eigenvalue weighted by Gasteiger charge is 2.35. The number of para-hydroxylation sites is 1. The Labute approximate surface area is 334 Å². The van der Waals surface area contributed by atoms with Crippen LogP contribution in [0.1, 0.15) is 70.4 Å². The normalized spacial score (nSPS) is 18.0. The maximum Gasteiger partial charge on any atom is 0.409 e. The van der Waals surface area contributed by atoms with Crippen molar-refractivity contribution in [3.05, 3.63) is 90.3 Å². The van der Waals surface area contributed by atoms with Crippen LogP contribution in [0.3, 0.4) is 0 Å². The van der Waals surface area contributed by atoms with Gasteiger partial charge < -0.3 is 34.2 Å². The van der Waals surface area contributed by atoms with E-state index in [0.717, 1.165) is 72.5 Å². The first kappa shape index (κ1) is 37.9. The molecule has 4 heterocycles. The van der Waals surface area contributed by atoms with Gasteiger partial charge in [-0.2, -0.15) is 0 Å². The van der Waals surface area contributed by atoms with E-state index in [4.69, 9.17) is 24.2 Å². The van der Waals surface area contributed by atoms with Gasteiger partial charge in [0.1, 0.15) is 29.7 Å². The molecule has 3 aliphatic heterocycles. The molecule has 1 aliphatic carbocycles. The predicted molar refractivity (Wildman–Crippen MR) is 219 cm³/mol. The number of aromatic nitrogens is 2. The maximum absolute atomic E-state index is 13.3. The van der Waals surface area contributed by atoms with E-state index in [1.807, 2.05) is 38.1 Å². The predicted octanol–water partition coefficient (Wildman–Crippen LogP) is 8.37. The van der Waals surface area contributed by atoms with E-state index in [1.165, 1.54) is 22.3 Å². The Bertz CT molecular complexity index is 1990. The lowest BCUT2D eigenvalue weighted by Gasteiger charge is -2.42. The van der Waals surface area contributed by atoms with Crippen molar-refractivity contribution in [2.24, 2.45) is 5.41 Å². The Kier molecular flexibility index (Phi) is 10.8. The number of benzene rings is 3. The van der Waals surface area contributed by atoms with Gasteiger partial charge in [0.2, 0.25) is 0 Å². The zero-order valence-electron chi connectivity index (χ0n) is 32.8. The van der Waals surface area contributed by atoms with Crippen molar-refractivity contribution in [3.63, 3.8) is 0 Å². The number of anilines is 2. The number of carbonyl (C=O) groups excluding carboxylic acids is 2. The van der Waals surface area contributed by atoms with Crippen molar-refractivity contribution in [1.82, 2.24) is 20.2 Å². The summed E-state index contributed by atoms with van der Waals surface area (Å²) in [6.07, 6.45) is 6.69. The smallest absolute Gasteiger partial charge is 0.409 e. The first-order valence-corrected chi connectivity index (χ1v) is 20.7. The van der Waals surface area contributed by atoms with E-state index in [2.05, 4.69) is 88.8 Å². The van der Waals surface area contributed by atoms with Crippen LogP contribution in [-0.4, -0.2) is 91.2 Å². The summed E-state index contributed by atoms with van der Waals surface area (Å²) in [4.78, 5) is 42.7. The van der Waals surface area contributed by atoms with Crippen LogP contribution in [0.25, 0.3) is 11.1 Å². The van der Waals surface area contributed by atoms with Crippen LogP contribution in [0.4, 0.5) is 21.1 Å². The lowest BCUT2D eigenvalue weighted by Crippen LogP contribution is -2.49. The van der Waals surface area contributed by atoms with Gasteiger partial charge in [-0.25, -0.2) is 19.6 Å². The average Bonchev–Trinajstić information content (AvgIpc) is 3.52. The first-order valence-electron chi connectivity index (χ1n) is 19.9. The fraction of sp³-hybridized carbons (Fsp3) is 0.455. The number of likely N-dealkylation sites (tertiary alicyclic amines) is 1. The Balaban J connectivity index is 0.834. The van der Waals surface area contributed by atoms with Crippen LogP contribution in [0.2, 0.25) is 0 Å². The van der Waals surface area contributed by atoms with Crippen molar-refractivity contribution in [3.8, 4) is 16.9 Å². The number of amides is 2. The number of piperidine rings is 2. The molecule has 1 aromatic heterocycles. The van der Waals surface area contributed by atoms with E-state index in [9.17, 15) is 9.59 Å². The standard InChI is InChI=1S/C44H52N6O5S/c1-43(2,3)55-41(51)47-29-44(4)18-22-48(23-19-44)38-26-46-39(27-45-38)56-37-15-9-14-36-40(37)53-25-24-50(36)30-16-20-49(21-17-30)42(52)54-28-35-33-12-7-5-10-31(33)32-11-6-8-13-34(32)35/h5-15,26-27,30,35H,16-25,28-29H2,1-4H3,(H,47,51). The third-order valence-electron chi connectivity index (χ3n) is 11.5. The van der Waals surface area contributed by atoms with Gasteiger partial charge in [-0.1, -0.05) is 73.3 Å². The third-order valence-corrected chi connectivity index (χ3v) is 12.5. The number of fused-ring (bicyclic) bond motifs is 4. The van der Waals surface area contributed by atoms with Crippen molar-refractivity contribution < 1.29 is 23.8 Å². The summed E-state index contributed by atoms with van der Waals surface area (Å²) in [7, 11) is 0. The highest BCUT2D eigenvalue weighted by atomic mass is 32.2. The van der Waals surface area contributed by atoms with E-state index >= 15 is 0 Å². The van der Waals surface area contributed by atoms with Crippen LogP contribution in [0.5, 0.6) is 5.75 Å². The molecule has 0 spiro atoms. The number of hydrogen-bond donors (Lipinski definition) is 1. The quantitative estimate of drug-likeness (QED) is 0.188. The molecule has 3 aromatic carbocycles. The second-order valence-electron chi connectivity index (χ2n) is 16.6. The molecule has 2 amide bonds. The molecular formula is C44H52N6O5S. The molecule has 2 saturated heterocycles. The fourth-order valence-electron chi connectivity index (χ4n) is 8.44. The van der Waals surface area contributed by atoms with Gasteiger partial charge in [0.25, 0.3) is 0 Å². The Morgan fingerprint density at radius 3 is 2.25 bits per heavy atom. The zero-order chi connectivity index (χ0) is 38.9. The molecule has 8 rings (SSSR count). The molecule has 0 bridgehead atoms. The Morgan fingerprint density at radius 1 is 0.893 bits per heavy atom. The minimum atomic E-state index is -0.512. The Morgan fingerprint density at radius 2 is 1.59 bits per heavy atom. The summed E-state index contributed by atoms with van der Waals surface area (Å²) >= 11 is 1.57. The molecule has 1 N–H and O–H groups in total. The lowest BCUT2D eigenvalue weighted by atomic mass is 9.80. The first-order chi connectivity index (χ1) is 27.0. The molecule has 0 atom stereocenters. The van der Waals surface area contributed by atoms with Gasteiger partial charge >= 0.3 is 12.2 Å². The molecule has 4 aliphatic rings. The molecule has 12 heteroatoms. The number of hydrogen-bond acceptors (Lipinski definition) is 10. The fourth-order valence-corrected chi connectivity index (χ4v) is 9.28. The van der Waals surface area contributed by atoms with Crippen LogP contribution in [0.15, 0.2) is 89.0 Å². The third kappa shape index (κ3) is 8.26. The van der Waals surface area contributed by atoms with Crippen molar-refractivity contribution >= 4 is 35.5 Å². The number of nitrogens with zero attached hydrogens (tertiary/aromatic N) is 5. The monoisotopic (exact) mass is 776 g/mol. The van der Waals surface area contributed by atoms with Gasteiger partial charge in [0.15, 0.2) is 5.75 Å². The van der Waals surface area contributed by atoms with Crippen LogP contribution in [0, 0.1) is 5.41 Å². The number of nitrogens with one attached hydrogen (secondary N) is 1. The van der Waals surface area contributed by atoms with E-state index in [1.54, 1.807) is 11.8 Å². The highest BCUT2D eigenvalue weighted by Crippen LogP contribution is 2.46. The molecule has 0 radical (unpaired) electrons. The van der Waals surface area contributed by atoms with Gasteiger partial charge in [-0.05, 0) is 86.3 Å². The SMILES string of the molecule is CC1(CNC(=O)OC(C)(C)C)CCN(c2cnc(Sc3cccc4c3OCCN4C3CCN(C(=O)OCC4c5ccccc5-c5ccccc54)CC3)cn2)CC1. The van der Waals surface area contributed by atoms with Crippen molar-refractivity contribution in [2.75, 3.05) is 62.3 Å². The van der Waals surface area contributed by atoms with Gasteiger partial charge in [-0.15, -0.1) is 0 Å². The summed E-state index contributed by atoms with van der Waals surface area (Å²) in [5, 5.41) is 3.77. The lowest BCUT2D eigenvalue weighted by molar-refractivity contribution is 0.0495. The molecule has 2 fully saturated rings. The van der Waals surface area contributed by atoms with Crippen LogP contribution < -0.4 is 19.9 Å². The minimum Gasteiger partial charge on any atom is -0.488 e. The van der Waals surface area contributed by atoms with Crippen LogP contribution >= 0.6 is 11.8 Å². The Hall–Kier alpha value is -4.97. The second-order valence-corrected chi connectivity index (χ2v) is 17.7. The van der Waals surface area contributed by atoms with E-state index in [0.29, 0.717) is 38.9 Å². The molecule has 56 heavy (non-hydrogen) atoms. The van der Waals surface area contributed by atoms with Crippen LogP contribution in [-0.2, 0) is 9.47 Å². The second kappa shape index (κ2) is 15.9. The number of rotatable bonds is 8. The molecule has 294 valence electrons. The molecule has 0 saturated carbocycles. The summed E-state index contributed by atoms with van der Waals surface area (Å²) in [6.45, 7) is 13.2. The molecule has 11 nitrogen and oxygen atoms in total. The van der Waals surface area contributed by atoms with E-state index < -0.39 is 5.60 Å². The topological polar surface area (TPSA) is 109 Å². The van der Waals surface area contributed by atoms with E-state index in [-0.39, 0.29) is 23.5 Å². The summed E-state index contributed by atoms with van der Waals surface area (Å²) in [6, 6.07) is 23.5.